The molecule has 22 heavy (non-hydrogen) atoms. The first-order valence-electron chi connectivity index (χ1n) is 6.30. The van der Waals surface area contributed by atoms with Crippen molar-refractivity contribution < 1.29 is 18.4 Å². The zero-order chi connectivity index (χ0) is 15.5. The molecule has 1 fully saturated rings. The number of carbonyl (C=O) groups excluding carboxylic acids is 2. The van der Waals surface area contributed by atoms with Crippen LogP contribution in [0.4, 0.5) is 14.5 Å². The quantitative estimate of drug-likeness (QED) is 0.726. The number of anilines is 1. The van der Waals surface area contributed by atoms with E-state index in [4.69, 9.17) is 0 Å². The summed E-state index contributed by atoms with van der Waals surface area (Å²) in [5.74, 6) is -3.89. The molecular formula is C13H15BrClF2N3O2. The van der Waals surface area contributed by atoms with E-state index < -0.39 is 36.7 Å². The number of rotatable bonds is 4. The van der Waals surface area contributed by atoms with Gasteiger partial charge in [0.2, 0.25) is 11.8 Å². The molecule has 122 valence electrons. The van der Waals surface area contributed by atoms with Crippen molar-refractivity contribution in [3.63, 3.8) is 0 Å². The Balaban J connectivity index is 0.00000242. The number of halogens is 4. The van der Waals surface area contributed by atoms with Gasteiger partial charge in [-0.2, -0.15) is 0 Å². The van der Waals surface area contributed by atoms with Crippen molar-refractivity contribution in [2.45, 2.75) is 18.4 Å². The predicted molar refractivity (Wildman–Crippen MR) is 84.4 cm³/mol. The molecule has 1 heterocycles. The van der Waals surface area contributed by atoms with Crippen LogP contribution in [0.25, 0.3) is 0 Å². The number of hydrogen-bond donors (Lipinski definition) is 3. The molecule has 1 aliphatic rings. The first-order chi connectivity index (χ1) is 9.85. The van der Waals surface area contributed by atoms with Crippen LogP contribution in [0.5, 0.6) is 0 Å². The number of alkyl halides is 2. The summed E-state index contributed by atoms with van der Waals surface area (Å²) in [5, 5.41) is 7.35. The molecule has 0 aromatic heterocycles. The third-order valence-corrected chi connectivity index (χ3v) is 3.51. The molecule has 1 aromatic rings. The third kappa shape index (κ3) is 5.51. The summed E-state index contributed by atoms with van der Waals surface area (Å²) in [6, 6.07) is 5.96. The standard InChI is InChI=1S/C13H14BrF2N3O2.ClH/c14-8-1-3-9(4-2-8)19-11(20)6-17-12(21)10-5-13(15,16)7-18-10;/h1-4,10,18H,5-7H2,(H,17,21)(H,19,20);1H. The van der Waals surface area contributed by atoms with Gasteiger partial charge >= 0.3 is 0 Å². The fraction of sp³-hybridized carbons (Fsp3) is 0.385. The summed E-state index contributed by atoms with van der Waals surface area (Å²) < 4.78 is 26.8. The molecule has 2 amide bonds. The van der Waals surface area contributed by atoms with E-state index in [0.717, 1.165) is 4.47 Å². The molecule has 0 aliphatic carbocycles. The molecule has 1 atom stereocenters. The summed E-state index contributed by atoms with van der Waals surface area (Å²) in [4.78, 5) is 23.3. The Morgan fingerprint density at radius 2 is 1.95 bits per heavy atom. The molecule has 9 heteroatoms. The molecule has 1 aromatic carbocycles. The maximum absolute atomic E-state index is 12.9. The van der Waals surface area contributed by atoms with Crippen LogP contribution in [0, 0.1) is 0 Å². The van der Waals surface area contributed by atoms with E-state index in [1.165, 1.54) is 0 Å². The highest BCUT2D eigenvalue weighted by Crippen LogP contribution is 2.24. The zero-order valence-corrected chi connectivity index (χ0v) is 13.8. The number of benzene rings is 1. The second-order valence-corrected chi connectivity index (χ2v) is 5.68. The average molecular weight is 399 g/mol. The van der Waals surface area contributed by atoms with Crippen molar-refractivity contribution in [3.8, 4) is 0 Å². The van der Waals surface area contributed by atoms with Crippen LogP contribution in [-0.4, -0.2) is 36.9 Å². The van der Waals surface area contributed by atoms with Crippen LogP contribution in [-0.2, 0) is 9.59 Å². The van der Waals surface area contributed by atoms with Crippen molar-refractivity contribution in [1.29, 1.82) is 0 Å². The van der Waals surface area contributed by atoms with Gasteiger partial charge in [0, 0.05) is 16.6 Å². The van der Waals surface area contributed by atoms with Gasteiger partial charge in [-0.05, 0) is 24.3 Å². The van der Waals surface area contributed by atoms with Crippen molar-refractivity contribution in [2.75, 3.05) is 18.4 Å². The highest BCUT2D eigenvalue weighted by Gasteiger charge is 2.42. The smallest absolute Gasteiger partial charge is 0.262 e. The molecule has 0 radical (unpaired) electrons. The molecule has 0 saturated carbocycles. The van der Waals surface area contributed by atoms with Crippen LogP contribution in [0.2, 0.25) is 0 Å². The van der Waals surface area contributed by atoms with Gasteiger partial charge in [0.05, 0.1) is 19.1 Å². The number of carbonyl (C=O) groups is 2. The molecule has 1 saturated heterocycles. The molecule has 0 bridgehead atoms. The van der Waals surface area contributed by atoms with Crippen LogP contribution < -0.4 is 16.0 Å². The highest BCUT2D eigenvalue weighted by molar-refractivity contribution is 9.10. The van der Waals surface area contributed by atoms with E-state index in [0.29, 0.717) is 5.69 Å². The molecular weight excluding hydrogens is 384 g/mol. The minimum Gasteiger partial charge on any atom is -0.346 e. The van der Waals surface area contributed by atoms with Gasteiger partial charge in [-0.3, -0.25) is 14.9 Å². The molecule has 5 nitrogen and oxygen atoms in total. The zero-order valence-electron chi connectivity index (χ0n) is 11.4. The second-order valence-electron chi connectivity index (χ2n) is 4.77. The molecule has 3 N–H and O–H groups in total. The van der Waals surface area contributed by atoms with Gasteiger partial charge in [0.25, 0.3) is 5.92 Å². The van der Waals surface area contributed by atoms with E-state index in [1.807, 2.05) is 0 Å². The fourth-order valence-electron chi connectivity index (χ4n) is 1.93. The average Bonchev–Trinajstić information content (AvgIpc) is 2.79. The lowest BCUT2D eigenvalue weighted by atomic mass is 10.2. The van der Waals surface area contributed by atoms with Crippen LogP contribution >= 0.6 is 28.3 Å². The number of nitrogens with one attached hydrogen (secondary N) is 3. The van der Waals surface area contributed by atoms with Crippen LogP contribution in [0.1, 0.15) is 6.42 Å². The summed E-state index contributed by atoms with van der Waals surface area (Å²) in [5.41, 5.74) is 0.586. The van der Waals surface area contributed by atoms with Gasteiger partial charge < -0.3 is 10.6 Å². The van der Waals surface area contributed by atoms with Gasteiger partial charge in [-0.1, -0.05) is 15.9 Å². The van der Waals surface area contributed by atoms with Crippen molar-refractivity contribution in [1.82, 2.24) is 10.6 Å². The SMILES string of the molecule is Cl.O=C(CNC(=O)C1CC(F)(F)CN1)Nc1ccc(Br)cc1. The summed E-state index contributed by atoms with van der Waals surface area (Å²) in [6.07, 6.45) is -0.548. The van der Waals surface area contributed by atoms with Gasteiger partial charge in [0.1, 0.15) is 0 Å². The van der Waals surface area contributed by atoms with E-state index in [2.05, 4.69) is 31.9 Å². The molecule has 1 unspecified atom stereocenters. The van der Waals surface area contributed by atoms with Crippen molar-refractivity contribution in [2.24, 2.45) is 0 Å². The van der Waals surface area contributed by atoms with Crippen LogP contribution in [0.15, 0.2) is 28.7 Å². The van der Waals surface area contributed by atoms with E-state index >= 15 is 0 Å². The first-order valence-corrected chi connectivity index (χ1v) is 7.09. The van der Waals surface area contributed by atoms with Gasteiger partial charge in [-0.25, -0.2) is 8.78 Å². The highest BCUT2D eigenvalue weighted by atomic mass is 79.9. The maximum atomic E-state index is 12.9. The second kappa shape index (κ2) is 7.85. The van der Waals surface area contributed by atoms with E-state index in [-0.39, 0.29) is 19.0 Å². The Kier molecular flexibility index (Phi) is 6.70. The van der Waals surface area contributed by atoms with E-state index in [1.54, 1.807) is 24.3 Å². The normalized spacial score (nSPS) is 19.1. The fourth-order valence-corrected chi connectivity index (χ4v) is 2.19. The number of amides is 2. The van der Waals surface area contributed by atoms with Gasteiger partial charge in [-0.15, -0.1) is 12.4 Å². The Morgan fingerprint density at radius 3 is 2.50 bits per heavy atom. The Hall–Kier alpha value is -1.25. The lowest BCUT2D eigenvalue weighted by molar-refractivity contribution is -0.125. The first kappa shape index (κ1) is 18.8. The third-order valence-electron chi connectivity index (χ3n) is 2.98. The molecule has 2 rings (SSSR count). The van der Waals surface area contributed by atoms with Crippen molar-refractivity contribution in [3.05, 3.63) is 28.7 Å². The van der Waals surface area contributed by atoms with Crippen molar-refractivity contribution >= 4 is 45.8 Å². The van der Waals surface area contributed by atoms with Crippen LogP contribution in [0.3, 0.4) is 0 Å². The lowest BCUT2D eigenvalue weighted by Gasteiger charge is -2.11. The largest absolute Gasteiger partial charge is 0.346 e. The summed E-state index contributed by atoms with van der Waals surface area (Å²) >= 11 is 3.27. The van der Waals surface area contributed by atoms with E-state index in [9.17, 15) is 18.4 Å². The predicted octanol–water partition coefficient (Wildman–Crippen LogP) is 1.92. The number of hydrogen-bond acceptors (Lipinski definition) is 3. The summed E-state index contributed by atoms with van der Waals surface area (Å²) in [7, 11) is 0. The Bertz CT molecular complexity index is 543. The minimum atomic E-state index is -2.87. The monoisotopic (exact) mass is 397 g/mol. The molecule has 0 spiro atoms. The summed E-state index contributed by atoms with van der Waals surface area (Å²) in [6.45, 7) is -0.783. The minimum absolute atomic E-state index is 0. The molecule has 1 aliphatic heterocycles. The maximum Gasteiger partial charge on any atom is 0.262 e. The Morgan fingerprint density at radius 1 is 1.32 bits per heavy atom. The lowest BCUT2D eigenvalue weighted by Crippen LogP contribution is -2.43. The Labute approximate surface area is 140 Å². The topological polar surface area (TPSA) is 70.2 Å². The van der Waals surface area contributed by atoms with Gasteiger partial charge in [0.15, 0.2) is 0 Å².